The molecule has 1 aromatic heterocycles. The molecule has 0 atom stereocenters. The Morgan fingerprint density at radius 3 is 1.92 bits per heavy atom. The molecule has 0 unspecified atom stereocenters. The minimum absolute atomic E-state index is 0.245. The van der Waals surface area contributed by atoms with Gasteiger partial charge in [-0.1, -0.05) is 27.2 Å². The molecule has 0 bridgehead atoms. The molecule has 9 heteroatoms. The second-order valence-electron chi connectivity index (χ2n) is 11.9. The SMILES string of the molecule is CC(C)(C)c1nc(N2CCN(CCCCN3CCC(N4CCCCC4)CC3)CC2)cc(C(F)(F)F)n1. The Morgan fingerprint density at radius 1 is 0.778 bits per heavy atom. The zero-order valence-electron chi connectivity index (χ0n) is 22.5. The van der Waals surface area contributed by atoms with E-state index in [4.69, 9.17) is 0 Å². The maximum atomic E-state index is 13.5. The highest BCUT2D eigenvalue weighted by Crippen LogP contribution is 2.32. The third-order valence-corrected chi connectivity index (χ3v) is 8.03. The Morgan fingerprint density at radius 2 is 1.36 bits per heavy atom. The van der Waals surface area contributed by atoms with Crippen molar-refractivity contribution in [3.05, 3.63) is 17.6 Å². The van der Waals surface area contributed by atoms with Crippen molar-refractivity contribution in [3.8, 4) is 0 Å². The molecule has 4 rings (SSSR count). The van der Waals surface area contributed by atoms with Crippen LogP contribution in [0, 0.1) is 0 Å². The Labute approximate surface area is 215 Å². The van der Waals surface area contributed by atoms with Crippen LogP contribution in [0.5, 0.6) is 0 Å². The second-order valence-corrected chi connectivity index (χ2v) is 11.9. The first-order valence-corrected chi connectivity index (χ1v) is 14.0. The van der Waals surface area contributed by atoms with Gasteiger partial charge in [0.1, 0.15) is 17.3 Å². The van der Waals surface area contributed by atoms with E-state index in [1.54, 1.807) is 0 Å². The van der Waals surface area contributed by atoms with Gasteiger partial charge in [-0.2, -0.15) is 13.2 Å². The maximum absolute atomic E-state index is 13.5. The van der Waals surface area contributed by atoms with Crippen LogP contribution in [0.4, 0.5) is 19.0 Å². The molecule has 3 aliphatic heterocycles. The van der Waals surface area contributed by atoms with Crippen molar-refractivity contribution in [1.82, 2.24) is 24.7 Å². The van der Waals surface area contributed by atoms with Crippen molar-refractivity contribution in [2.75, 3.05) is 70.3 Å². The van der Waals surface area contributed by atoms with E-state index in [1.165, 1.54) is 77.7 Å². The smallest absolute Gasteiger partial charge is 0.354 e. The molecule has 6 nitrogen and oxygen atoms in total. The Kier molecular flexibility index (Phi) is 9.15. The quantitative estimate of drug-likeness (QED) is 0.498. The molecule has 0 N–H and O–H groups in total. The number of piperazine rings is 1. The first kappa shape index (κ1) is 27.6. The van der Waals surface area contributed by atoms with Gasteiger partial charge in [-0.15, -0.1) is 0 Å². The van der Waals surface area contributed by atoms with Crippen LogP contribution in [0.2, 0.25) is 0 Å². The largest absolute Gasteiger partial charge is 0.433 e. The average molecular weight is 511 g/mol. The van der Waals surface area contributed by atoms with Crippen molar-refractivity contribution < 1.29 is 13.2 Å². The maximum Gasteiger partial charge on any atom is 0.433 e. The van der Waals surface area contributed by atoms with Gasteiger partial charge in [0.2, 0.25) is 0 Å². The lowest BCUT2D eigenvalue weighted by molar-refractivity contribution is -0.141. The van der Waals surface area contributed by atoms with Gasteiger partial charge < -0.3 is 14.7 Å². The average Bonchev–Trinajstić information content (AvgIpc) is 2.86. The van der Waals surface area contributed by atoms with Gasteiger partial charge in [0.25, 0.3) is 0 Å². The number of hydrogen-bond donors (Lipinski definition) is 0. The fraction of sp³-hybridized carbons (Fsp3) is 0.852. The summed E-state index contributed by atoms with van der Waals surface area (Å²) in [6.07, 6.45) is 4.71. The summed E-state index contributed by atoms with van der Waals surface area (Å²) in [5.74, 6) is 0.643. The van der Waals surface area contributed by atoms with Crippen molar-refractivity contribution in [1.29, 1.82) is 0 Å². The summed E-state index contributed by atoms with van der Waals surface area (Å²) >= 11 is 0. The number of hydrogen-bond acceptors (Lipinski definition) is 6. The predicted molar refractivity (Wildman–Crippen MR) is 139 cm³/mol. The lowest BCUT2D eigenvalue weighted by Crippen LogP contribution is -2.47. The highest BCUT2D eigenvalue weighted by molar-refractivity contribution is 5.42. The molecule has 1 aromatic rings. The number of alkyl halides is 3. The highest BCUT2D eigenvalue weighted by Gasteiger charge is 2.36. The summed E-state index contributed by atoms with van der Waals surface area (Å²) in [4.78, 5) is 18.1. The van der Waals surface area contributed by atoms with Crippen molar-refractivity contribution in [2.45, 2.75) is 83.4 Å². The molecule has 4 heterocycles. The number of aromatic nitrogens is 2. The highest BCUT2D eigenvalue weighted by atomic mass is 19.4. The molecular formula is C27H45F3N6. The van der Waals surface area contributed by atoms with E-state index < -0.39 is 17.3 Å². The van der Waals surface area contributed by atoms with E-state index >= 15 is 0 Å². The van der Waals surface area contributed by atoms with Crippen LogP contribution in [-0.2, 0) is 11.6 Å². The van der Waals surface area contributed by atoms with E-state index in [1.807, 2.05) is 25.7 Å². The molecule has 0 spiro atoms. The zero-order chi connectivity index (χ0) is 25.8. The molecule has 204 valence electrons. The number of halogens is 3. The minimum Gasteiger partial charge on any atom is -0.354 e. The van der Waals surface area contributed by atoms with Crippen molar-refractivity contribution in [3.63, 3.8) is 0 Å². The van der Waals surface area contributed by atoms with E-state index in [2.05, 4.69) is 24.7 Å². The lowest BCUT2D eigenvalue weighted by atomic mass is 9.95. The van der Waals surface area contributed by atoms with Crippen LogP contribution >= 0.6 is 0 Å². The molecule has 3 fully saturated rings. The Hall–Kier alpha value is -1.45. The van der Waals surface area contributed by atoms with E-state index in [0.717, 1.165) is 31.7 Å². The topological polar surface area (TPSA) is 38.7 Å². The van der Waals surface area contributed by atoms with Crippen LogP contribution in [0.3, 0.4) is 0 Å². The molecule has 0 radical (unpaired) electrons. The minimum atomic E-state index is -4.47. The van der Waals surface area contributed by atoms with Gasteiger partial charge in [-0.25, -0.2) is 9.97 Å². The van der Waals surface area contributed by atoms with Gasteiger partial charge in [0, 0.05) is 43.7 Å². The summed E-state index contributed by atoms with van der Waals surface area (Å²) in [6, 6.07) is 1.92. The molecule has 36 heavy (non-hydrogen) atoms. The summed E-state index contributed by atoms with van der Waals surface area (Å²) in [7, 11) is 0. The number of unbranched alkanes of at least 4 members (excludes halogenated alkanes) is 1. The van der Waals surface area contributed by atoms with E-state index in [0.29, 0.717) is 18.9 Å². The monoisotopic (exact) mass is 510 g/mol. The van der Waals surface area contributed by atoms with Gasteiger partial charge in [-0.3, -0.25) is 4.90 Å². The zero-order valence-corrected chi connectivity index (χ0v) is 22.5. The summed E-state index contributed by atoms with van der Waals surface area (Å²) in [5, 5.41) is 0. The number of likely N-dealkylation sites (tertiary alicyclic amines) is 2. The Bertz CT molecular complexity index is 786. The van der Waals surface area contributed by atoms with Gasteiger partial charge in [0.15, 0.2) is 0 Å². The Balaban J connectivity index is 1.17. The predicted octanol–water partition coefficient (Wildman–Crippen LogP) is 4.65. The van der Waals surface area contributed by atoms with Crippen LogP contribution in [0.1, 0.15) is 77.2 Å². The first-order chi connectivity index (χ1) is 17.1. The van der Waals surface area contributed by atoms with Crippen molar-refractivity contribution in [2.24, 2.45) is 0 Å². The van der Waals surface area contributed by atoms with Crippen LogP contribution < -0.4 is 4.90 Å². The van der Waals surface area contributed by atoms with E-state index in [9.17, 15) is 13.2 Å². The van der Waals surface area contributed by atoms with Crippen LogP contribution in [-0.4, -0.2) is 96.2 Å². The fourth-order valence-corrected chi connectivity index (χ4v) is 5.74. The number of anilines is 1. The first-order valence-electron chi connectivity index (χ1n) is 14.0. The number of nitrogens with zero attached hydrogens (tertiary/aromatic N) is 6. The van der Waals surface area contributed by atoms with Crippen LogP contribution in [0.25, 0.3) is 0 Å². The third kappa shape index (κ3) is 7.54. The van der Waals surface area contributed by atoms with Crippen LogP contribution in [0.15, 0.2) is 6.07 Å². The van der Waals surface area contributed by atoms with Crippen molar-refractivity contribution >= 4 is 5.82 Å². The number of rotatable bonds is 7. The van der Waals surface area contributed by atoms with Gasteiger partial charge in [-0.05, 0) is 77.8 Å². The standard InChI is InChI=1S/C27H45F3N6/c1-26(2,3)25-31-23(27(28,29)30)21-24(32-25)36-19-17-34(18-20-36)12-8-7-11-33-15-9-22(10-16-33)35-13-5-4-6-14-35/h21-22H,4-20H2,1-3H3. The lowest BCUT2D eigenvalue weighted by Gasteiger charge is -2.40. The summed E-state index contributed by atoms with van der Waals surface area (Å²) in [5.41, 5.74) is -1.39. The van der Waals surface area contributed by atoms with Gasteiger partial charge >= 0.3 is 6.18 Å². The molecule has 0 saturated carbocycles. The molecule has 0 aliphatic carbocycles. The molecule has 3 saturated heterocycles. The van der Waals surface area contributed by atoms with Gasteiger partial charge in [0.05, 0.1) is 0 Å². The second kappa shape index (κ2) is 11.9. The summed E-state index contributed by atoms with van der Waals surface area (Å²) < 4.78 is 40.4. The third-order valence-electron chi connectivity index (χ3n) is 8.03. The normalized spacial score (nSPS) is 22.3. The molecule has 3 aliphatic rings. The molecular weight excluding hydrogens is 465 g/mol. The fourth-order valence-electron chi connectivity index (χ4n) is 5.74. The molecule has 0 aromatic carbocycles. The molecule has 0 amide bonds. The van der Waals surface area contributed by atoms with E-state index in [-0.39, 0.29) is 5.82 Å². The number of piperidine rings is 2. The summed E-state index contributed by atoms with van der Waals surface area (Å²) in [6.45, 7) is 16.0.